The molecule has 0 aliphatic carbocycles. The molecule has 0 bridgehead atoms. The van der Waals surface area contributed by atoms with Gasteiger partial charge in [0.2, 0.25) is 21.8 Å². The van der Waals surface area contributed by atoms with Crippen LogP contribution in [0, 0.1) is 5.92 Å². The van der Waals surface area contributed by atoms with Crippen molar-refractivity contribution >= 4 is 73.9 Å². The lowest BCUT2D eigenvalue weighted by molar-refractivity contribution is -0.140. The standard InChI is InChI=1S/C29H31Cl4N3O4S/c1-19(2)16-34-29(38)27(12-20-8-5-4-6-9-20)35(17-24-25(32)10-7-11-26(24)33)28(37)18-36(41(3,39)40)23-14-21(30)13-22(31)15-23/h4-11,13-15,19,27H,12,16-18H2,1-3H3,(H,34,38)/t27-/m0/s1. The Morgan fingerprint density at radius 3 is 2.00 bits per heavy atom. The van der Waals surface area contributed by atoms with E-state index in [9.17, 15) is 18.0 Å². The second kappa shape index (κ2) is 14.6. The van der Waals surface area contributed by atoms with Gasteiger partial charge < -0.3 is 10.2 Å². The van der Waals surface area contributed by atoms with Crippen LogP contribution >= 0.6 is 46.4 Å². The zero-order valence-electron chi connectivity index (χ0n) is 22.8. The summed E-state index contributed by atoms with van der Waals surface area (Å²) in [6, 6.07) is 17.4. The summed E-state index contributed by atoms with van der Waals surface area (Å²) in [6.07, 6.45) is 1.14. The van der Waals surface area contributed by atoms with E-state index in [1.807, 2.05) is 44.2 Å². The van der Waals surface area contributed by atoms with E-state index in [0.717, 1.165) is 16.1 Å². The molecule has 12 heteroatoms. The molecule has 0 aromatic heterocycles. The maximum absolute atomic E-state index is 14.1. The van der Waals surface area contributed by atoms with Crippen LogP contribution in [0.4, 0.5) is 5.69 Å². The number of benzene rings is 3. The number of carbonyl (C=O) groups excluding carboxylic acids is 2. The number of sulfonamides is 1. The molecule has 220 valence electrons. The Hall–Kier alpha value is -2.49. The molecule has 2 amide bonds. The Kier molecular flexibility index (Phi) is 11.8. The van der Waals surface area contributed by atoms with Crippen LogP contribution in [0.25, 0.3) is 0 Å². The number of halogens is 4. The molecule has 41 heavy (non-hydrogen) atoms. The van der Waals surface area contributed by atoms with Crippen LogP contribution in [0.5, 0.6) is 0 Å². The van der Waals surface area contributed by atoms with Crippen molar-refractivity contribution in [3.05, 3.63) is 97.9 Å². The molecule has 7 nitrogen and oxygen atoms in total. The lowest BCUT2D eigenvalue weighted by Gasteiger charge is -2.34. The minimum atomic E-state index is -3.98. The Labute approximate surface area is 261 Å². The van der Waals surface area contributed by atoms with E-state index in [1.165, 1.54) is 23.1 Å². The molecular weight excluding hydrogens is 628 g/mol. The van der Waals surface area contributed by atoms with Gasteiger partial charge in [0.25, 0.3) is 0 Å². The molecule has 1 N–H and O–H groups in total. The lowest BCUT2D eigenvalue weighted by atomic mass is 10.0. The fourth-order valence-electron chi connectivity index (χ4n) is 4.13. The van der Waals surface area contributed by atoms with Crippen molar-refractivity contribution in [2.24, 2.45) is 5.92 Å². The van der Waals surface area contributed by atoms with Crippen molar-refractivity contribution in [2.45, 2.75) is 32.9 Å². The molecular formula is C29H31Cl4N3O4S. The van der Waals surface area contributed by atoms with E-state index in [4.69, 9.17) is 46.4 Å². The quantitative estimate of drug-likeness (QED) is 0.241. The Balaban J connectivity index is 2.11. The molecule has 0 saturated carbocycles. The fourth-order valence-corrected chi connectivity index (χ4v) is 5.99. The number of amides is 2. The molecule has 0 radical (unpaired) electrons. The lowest BCUT2D eigenvalue weighted by Crippen LogP contribution is -2.53. The van der Waals surface area contributed by atoms with Crippen LogP contribution in [-0.2, 0) is 32.6 Å². The maximum Gasteiger partial charge on any atom is 0.244 e. The molecule has 0 unspecified atom stereocenters. The zero-order chi connectivity index (χ0) is 30.3. The van der Waals surface area contributed by atoms with Crippen LogP contribution in [0.3, 0.4) is 0 Å². The van der Waals surface area contributed by atoms with Crippen molar-refractivity contribution in [1.29, 1.82) is 0 Å². The molecule has 3 rings (SSSR count). The van der Waals surface area contributed by atoms with Gasteiger partial charge in [-0.2, -0.15) is 0 Å². The van der Waals surface area contributed by atoms with E-state index in [-0.39, 0.29) is 34.6 Å². The minimum Gasteiger partial charge on any atom is -0.354 e. The van der Waals surface area contributed by atoms with Gasteiger partial charge in [-0.25, -0.2) is 8.42 Å². The molecule has 0 saturated heterocycles. The van der Waals surface area contributed by atoms with Gasteiger partial charge in [-0.3, -0.25) is 13.9 Å². The highest BCUT2D eigenvalue weighted by Gasteiger charge is 2.34. The summed E-state index contributed by atoms with van der Waals surface area (Å²) >= 11 is 25.2. The van der Waals surface area contributed by atoms with E-state index in [1.54, 1.807) is 18.2 Å². The van der Waals surface area contributed by atoms with Crippen molar-refractivity contribution in [1.82, 2.24) is 10.2 Å². The number of anilines is 1. The molecule has 3 aromatic rings. The topological polar surface area (TPSA) is 86.8 Å². The van der Waals surface area contributed by atoms with Gasteiger partial charge >= 0.3 is 0 Å². The van der Waals surface area contributed by atoms with Crippen molar-refractivity contribution in [2.75, 3.05) is 23.7 Å². The molecule has 0 spiro atoms. The third-order valence-corrected chi connectivity index (χ3v) is 8.45. The fraction of sp³-hybridized carbons (Fsp3) is 0.310. The third kappa shape index (κ3) is 9.51. The van der Waals surface area contributed by atoms with Gasteiger partial charge in [-0.05, 0) is 41.8 Å². The molecule has 0 fully saturated rings. The number of nitrogens with one attached hydrogen (secondary N) is 1. The van der Waals surface area contributed by atoms with E-state index in [2.05, 4.69) is 5.32 Å². The van der Waals surface area contributed by atoms with Gasteiger partial charge in [0.1, 0.15) is 12.6 Å². The van der Waals surface area contributed by atoms with Gasteiger partial charge in [0.15, 0.2) is 0 Å². The predicted octanol–water partition coefficient (Wildman–Crippen LogP) is 6.48. The highest BCUT2D eigenvalue weighted by atomic mass is 35.5. The largest absolute Gasteiger partial charge is 0.354 e. The summed E-state index contributed by atoms with van der Waals surface area (Å²) in [4.78, 5) is 29.1. The van der Waals surface area contributed by atoms with Crippen LogP contribution < -0.4 is 9.62 Å². The van der Waals surface area contributed by atoms with Crippen molar-refractivity contribution in [3.8, 4) is 0 Å². The van der Waals surface area contributed by atoms with Crippen LogP contribution in [-0.4, -0.2) is 50.5 Å². The van der Waals surface area contributed by atoms with Crippen molar-refractivity contribution < 1.29 is 18.0 Å². The Morgan fingerprint density at radius 2 is 1.46 bits per heavy atom. The monoisotopic (exact) mass is 657 g/mol. The first-order chi connectivity index (χ1) is 19.3. The van der Waals surface area contributed by atoms with E-state index < -0.39 is 34.4 Å². The molecule has 0 aliphatic heterocycles. The van der Waals surface area contributed by atoms with Crippen molar-refractivity contribution in [3.63, 3.8) is 0 Å². The van der Waals surface area contributed by atoms with Gasteiger partial charge in [0.05, 0.1) is 11.9 Å². The number of hydrogen-bond acceptors (Lipinski definition) is 4. The second-order valence-corrected chi connectivity index (χ2v) is 13.6. The highest BCUT2D eigenvalue weighted by Crippen LogP contribution is 2.29. The average molecular weight is 659 g/mol. The number of carbonyl (C=O) groups is 2. The molecule has 0 aliphatic rings. The number of nitrogens with zero attached hydrogens (tertiary/aromatic N) is 2. The number of rotatable bonds is 12. The maximum atomic E-state index is 14.1. The Bertz CT molecular complexity index is 1450. The molecule has 3 aromatic carbocycles. The summed E-state index contributed by atoms with van der Waals surface area (Å²) in [5.41, 5.74) is 1.34. The van der Waals surface area contributed by atoms with Crippen LogP contribution in [0.1, 0.15) is 25.0 Å². The van der Waals surface area contributed by atoms with Gasteiger partial charge in [0, 0.05) is 45.2 Å². The summed E-state index contributed by atoms with van der Waals surface area (Å²) < 4.78 is 26.7. The van der Waals surface area contributed by atoms with Crippen LogP contribution in [0.15, 0.2) is 66.7 Å². The first-order valence-electron chi connectivity index (χ1n) is 12.7. The highest BCUT2D eigenvalue weighted by molar-refractivity contribution is 7.92. The summed E-state index contributed by atoms with van der Waals surface area (Å²) in [5, 5.41) is 3.92. The summed E-state index contributed by atoms with van der Waals surface area (Å²) in [6.45, 7) is 3.53. The minimum absolute atomic E-state index is 0.109. The zero-order valence-corrected chi connectivity index (χ0v) is 26.6. The average Bonchev–Trinajstić information content (AvgIpc) is 2.88. The van der Waals surface area contributed by atoms with Crippen LogP contribution in [0.2, 0.25) is 20.1 Å². The second-order valence-electron chi connectivity index (χ2n) is 9.96. The molecule has 0 heterocycles. The van der Waals surface area contributed by atoms with E-state index >= 15 is 0 Å². The first kappa shape index (κ1) is 33.0. The summed E-state index contributed by atoms with van der Waals surface area (Å²) in [7, 11) is -3.98. The van der Waals surface area contributed by atoms with E-state index in [0.29, 0.717) is 22.2 Å². The predicted molar refractivity (Wildman–Crippen MR) is 167 cm³/mol. The van der Waals surface area contributed by atoms with Gasteiger partial charge in [-0.1, -0.05) is 96.6 Å². The SMILES string of the molecule is CC(C)CNC(=O)[C@H](Cc1ccccc1)N(Cc1c(Cl)cccc1Cl)C(=O)CN(c1cc(Cl)cc(Cl)c1)S(C)(=O)=O. The Morgan fingerprint density at radius 1 is 0.878 bits per heavy atom. The van der Waals surface area contributed by atoms with Gasteiger partial charge in [-0.15, -0.1) is 0 Å². The smallest absolute Gasteiger partial charge is 0.244 e. The third-order valence-electron chi connectivity index (χ3n) is 6.16. The number of hydrogen-bond donors (Lipinski definition) is 1. The summed E-state index contributed by atoms with van der Waals surface area (Å²) in [5.74, 6) is -0.884. The molecule has 1 atom stereocenters. The first-order valence-corrected chi connectivity index (χ1v) is 16.1. The normalized spacial score (nSPS) is 12.2.